The maximum Gasteiger partial charge on any atom is 0.321 e. The molecule has 35 heavy (non-hydrogen) atoms. The Balaban J connectivity index is 1.69. The van der Waals surface area contributed by atoms with Crippen LogP contribution in [0.4, 0.5) is 20.6 Å². The zero-order valence-electron chi connectivity index (χ0n) is 19.1. The van der Waals surface area contributed by atoms with Gasteiger partial charge in [0.2, 0.25) is 6.17 Å². The number of fused-ring (bicyclic) bond motifs is 1. The number of nitrogens with one attached hydrogen (secondary N) is 2. The number of anilines is 2. The number of ether oxygens (including phenoxy) is 2. The molecule has 3 amide bonds. The summed E-state index contributed by atoms with van der Waals surface area (Å²) < 4.78 is 25.8. The van der Waals surface area contributed by atoms with E-state index in [1.165, 1.54) is 25.2 Å². The number of methoxy groups -OCH3 is 2. The van der Waals surface area contributed by atoms with E-state index in [1.54, 1.807) is 61.6 Å². The van der Waals surface area contributed by atoms with Gasteiger partial charge in [-0.25, -0.2) is 14.2 Å². The Bertz CT molecular complexity index is 1330. The molecule has 8 nitrogen and oxygen atoms in total. The average Bonchev–Trinajstić information content (AvgIpc) is 2.96. The van der Waals surface area contributed by atoms with E-state index in [1.807, 2.05) is 0 Å². The smallest absolute Gasteiger partial charge is 0.321 e. The van der Waals surface area contributed by atoms with Gasteiger partial charge in [0.25, 0.3) is 5.91 Å². The maximum absolute atomic E-state index is 14.7. The van der Waals surface area contributed by atoms with E-state index in [-0.39, 0.29) is 11.3 Å². The van der Waals surface area contributed by atoms with E-state index in [0.29, 0.717) is 32.9 Å². The molecule has 3 aromatic carbocycles. The lowest BCUT2D eigenvalue weighted by molar-refractivity contribution is -0.119. The molecule has 0 saturated heterocycles. The lowest BCUT2D eigenvalue weighted by atomic mass is 10.00. The van der Waals surface area contributed by atoms with Crippen molar-refractivity contribution in [2.75, 3.05) is 31.5 Å². The van der Waals surface area contributed by atoms with Gasteiger partial charge in [-0.2, -0.15) is 0 Å². The Kier molecular flexibility index (Phi) is 7.02. The molecule has 1 heterocycles. The van der Waals surface area contributed by atoms with E-state index < -0.39 is 23.9 Å². The number of hydrogen-bond donors (Lipinski definition) is 2. The number of amides is 3. The average molecular weight is 541 g/mol. The van der Waals surface area contributed by atoms with Crippen LogP contribution in [0, 0.1) is 5.82 Å². The summed E-state index contributed by atoms with van der Waals surface area (Å²) in [4.78, 5) is 32.0. The predicted molar refractivity (Wildman–Crippen MR) is 135 cm³/mol. The quantitative estimate of drug-likeness (QED) is 0.495. The number of nitrogens with zero attached hydrogens (tertiary/aromatic N) is 2. The highest BCUT2D eigenvalue weighted by atomic mass is 79.9. The minimum Gasteiger partial charge on any atom is -0.493 e. The Hall–Kier alpha value is -3.92. The molecule has 0 radical (unpaired) electrons. The lowest BCUT2D eigenvalue weighted by Crippen LogP contribution is -2.47. The number of urea groups is 1. The number of carbonyl (C=O) groups excluding carboxylic acids is 2. The molecule has 0 aliphatic carbocycles. The van der Waals surface area contributed by atoms with Crippen LogP contribution in [-0.2, 0) is 4.79 Å². The minimum absolute atomic E-state index is 0.220. The number of likely N-dealkylation sites (N-methyl/N-ethyl adjacent to an activating group) is 1. The second-order valence-electron chi connectivity index (χ2n) is 7.56. The molecule has 1 aliphatic heterocycles. The number of aliphatic imine (C=N–C) groups is 1. The Labute approximate surface area is 209 Å². The van der Waals surface area contributed by atoms with E-state index in [4.69, 9.17) is 9.47 Å². The molecular weight excluding hydrogens is 519 g/mol. The summed E-state index contributed by atoms with van der Waals surface area (Å²) in [5.74, 6) is -0.0878. The topological polar surface area (TPSA) is 92.3 Å². The van der Waals surface area contributed by atoms with Crippen LogP contribution in [0.15, 0.2) is 70.1 Å². The van der Waals surface area contributed by atoms with Gasteiger partial charge in [0.05, 0.1) is 31.3 Å². The number of carbonyl (C=O) groups is 2. The van der Waals surface area contributed by atoms with Crippen LogP contribution in [0.1, 0.15) is 11.1 Å². The summed E-state index contributed by atoms with van der Waals surface area (Å²) in [6.45, 7) is 0. The summed E-state index contributed by atoms with van der Waals surface area (Å²) in [6.07, 6.45) is -1.30. The first-order chi connectivity index (χ1) is 16.8. The van der Waals surface area contributed by atoms with Gasteiger partial charge in [-0.15, -0.1) is 0 Å². The molecule has 1 atom stereocenters. The Morgan fingerprint density at radius 1 is 1.03 bits per heavy atom. The van der Waals surface area contributed by atoms with Crippen molar-refractivity contribution in [2.24, 2.45) is 4.99 Å². The number of hydrogen-bond acceptors (Lipinski definition) is 5. The number of rotatable bonds is 5. The zero-order valence-corrected chi connectivity index (χ0v) is 20.7. The number of benzene rings is 3. The third-order valence-electron chi connectivity index (χ3n) is 5.46. The molecule has 1 aliphatic rings. The summed E-state index contributed by atoms with van der Waals surface area (Å²) >= 11 is 3.38. The maximum atomic E-state index is 14.7. The highest BCUT2D eigenvalue weighted by molar-refractivity contribution is 9.10. The first-order valence-electron chi connectivity index (χ1n) is 10.5. The monoisotopic (exact) mass is 540 g/mol. The van der Waals surface area contributed by atoms with Crippen LogP contribution in [0.2, 0.25) is 0 Å². The van der Waals surface area contributed by atoms with Crippen LogP contribution in [0.5, 0.6) is 11.5 Å². The first-order valence-corrected chi connectivity index (χ1v) is 11.3. The van der Waals surface area contributed by atoms with Crippen LogP contribution in [0.3, 0.4) is 0 Å². The molecule has 0 saturated carbocycles. The summed E-state index contributed by atoms with van der Waals surface area (Å²) in [6, 6.07) is 15.7. The molecule has 2 N–H and O–H groups in total. The number of halogens is 2. The molecule has 0 fully saturated rings. The van der Waals surface area contributed by atoms with E-state index in [2.05, 4.69) is 31.6 Å². The highest BCUT2D eigenvalue weighted by Crippen LogP contribution is 2.36. The standard InChI is InChI=1S/C25H22BrFN4O4/c1-31-19-11-7-5-9-15(19)22(14-8-4-6-10-17(14)27)29-23(24(31)32)30-25(33)28-18-13-21(35-3)20(34-2)12-16(18)26/h4-13,23H,1-3H3,(H2,28,30,33). The summed E-state index contributed by atoms with van der Waals surface area (Å²) in [7, 11) is 4.56. The molecular formula is C25H22BrFN4O4. The second kappa shape index (κ2) is 10.1. The van der Waals surface area contributed by atoms with E-state index >= 15 is 0 Å². The van der Waals surface area contributed by atoms with Crippen LogP contribution in [-0.4, -0.2) is 45.1 Å². The van der Waals surface area contributed by atoms with Crippen LogP contribution < -0.4 is 25.0 Å². The number of benzodiazepines with no additional fused rings is 1. The Morgan fingerprint density at radius 3 is 2.34 bits per heavy atom. The van der Waals surface area contributed by atoms with Crippen molar-refractivity contribution in [3.05, 3.63) is 82.1 Å². The highest BCUT2D eigenvalue weighted by Gasteiger charge is 2.31. The third kappa shape index (κ3) is 4.83. The predicted octanol–water partition coefficient (Wildman–Crippen LogP) is 4.57. The fraction of sp³-hybridized carbons (Fsp3) is 0.160. The second-order valence-corrected chi connectivity index (χ2v) is 8.41. The van der Waals surface area contributed by atoms with Crippen molar-refractivity contribution in [1.29, 1.82) is 0 Å². The summed E-state index contributed by atoms with van der Waals surface area (Å²) in [5.41, 5.74) is 1.98. The van der Waals surface area contributed by atoms with Crippen molar-refractivity contribution in [1.82, 2.24) is 5.32 Å². The van der Waals surface area contributed by atoms with E-state index in [0.717, 1.165) is 0 Å². The Morgan fingerprint density at radius 2 is 1.66 bits per heavy atom. The van der Waals surface area contributed by atoms with Gasteiger partial charge in [-0.1, -0.05) is 30.3 Å². The molecule has 4 rings (SSSR count). The molecule has 180 valence electrons. The van der Waals surface area contributed by atoms with Crippen LogP contribution >= 0.6 is 15.9 Å². The van der Waals surface area contributed by atoms with Crippen LogP contribution in [0.25, 0.3) is 0 Å². The lowest BCUT2D eigenvalue weighted by Gasteiger charge is -2.21. The van der Waals surface area contributed by atoms with Gasteiger partial charge in [0.15, 0.2) is 11.5 Å². The SMILES string of the molecule is COc1cc(Br)c(NC(=O)NC2N=C(c3ccccc3F)c3ccccc3N(C)C2=O)cc1OC. The number of para-hydroxylation sites is 1. The van der Waals surface area contributed by atoms with Gasteiger partial charge in [-0.3, -0.25) is 4.79 Å². The molecule has 0 aromatic heterocycles. The van der Waals surface area contributed by atoms with Gasteiger partial charge >= 0.3 is 6.03 Å². The van der Waals surface area contributed by atoms with Crippen molar-refractivity contribution < 1.29 is 23.5 Å². The molecule has 3 aromatic rings. The molecule has 10 heteroatoms. The summed E-state index contributed by atoms with van der Waals surface area (Å²) in [5, 5.41) is 5.27. The van der Waals surface area contributed by atoms with Crippen molar-refractivity contribution in [3.8, 4) is 11.5 Å². The van der Waals surface area contributed by atoms with Crippen molar-refractivity contribution in [3.63, 3.8) is 0 Å². The van der Waals surface area contributed by atoms with Gasteiger partial charge in [-0.05, 0) is 34.1 Å². The van der Waals surface area contributed by atoms with Gasteiger partial charge in [0, 0.05) is 34.8 Å². The minimum atomic E-state index is -1.30. The van der Waals surface area contributed by atoms with Crippen molar-refractivity contribution in [2.45, 2.75) is 6.17 Å². The van der Waals surface area contributed by atoms with Gasteiger partial charge < -0.3 is 25.0 Å². The fourth-order valence-corrected chi connectivity index (χ4v) is 4.14. The first kappa shape index (κ1) is 24.2. The van der Waals surface area contributed by atoms with Crippen molar-refractivity contribution >= 4 is 45.0 Å². The third-order valence-corrected chi connectivity index (χ3v) is 6.12. The van der Waals surface area contributed by atoms with Gasteiger partial charge in [0.1, 0.15) is 5.82 Å². The molecule has 1 unspecified atom stereocenters. The largest absolute Gasteiger partial charge is 0.493 e. The normalized spacial score (nSPS) is 15.0. The van der Waals surface area contributed by atoms with E-state index in [9.17, 15) is 14.0 Å². The zero-order chi connectivity index (χ0) is 25.1. The fourth-order valence-electron chi connectivity index (χ4n) is 3.72. The molecule has 0 spiro atoms. The molecule has 0 bridgehead atoms.